The van der Waals surface area contributed by atoms with Crippen molar-refractivity contribution in [2.24, 2.45) is 0 Å². The molecule has 119 heavy (non-hydrogen) atoms. The highest BCUT2D eigenvalue weighted by atomic mass is 16.7. The number of carboxylic acids is 4. The molecule has 1 heterocycles. The van der Waals surface area contributed by atoms with Crippen molar-refractivity contribution in [2.45, 2.75) is 149 Å². The Bertz CT molecular complexity index is 2930. The van der Waals surface area contributed by atoms with Gasteiger partial charge in [-0.2, -0.15) is 5.06 Å². The molecule has 0 bridgehead atoms. The van der Waals surface area contributed by atoms with Crippen molar-refractivity contribution < 1.29 is 178 Å². The molecule has 0 aromatic heterocycles. The molecule has 1 saturated heterocycles. The van der Waals surface area contributed by atoms with E-state index < -0.39 is 285 Å². The van der Waals surface area contributed by atoms with Crippen LogP contribution in [0.1, 0.15) is 122 Å². The number of hydrogen-bond donors (Lipinski definition) is 8. The Labute approximate surface area is 685 Å². The van der Waals surface area contributed by atoms with E-state index in [0.717, 1.165) is 88.0 Å². The number of ether oxygens (including phenoxy) is 12. The SMILES string of the molecule is CC(=O)OCC(COC(C)=O)(COC(C)=O)NC(=O)CCN(CCC(=O)NC(COC(C)=O)(COC(C)=O)COC(C)=O)CCN(CCN(CCC(=O)NC(COC(C)=O)(COC(C)=O)COC(C)=O)CCC(=O)NC(COC(C)=O)(COC(C)=O)COC(C)=O)OCCCC1(N(CC(=O)O)CC(=O)O)CN(CC(=O)O)CCN(CC(=O)O)C1. The molecule has 0 unspecified atom stereocenters. The lowest BCUT2D eigenvalue weighted by atomic mass is 9.89. The lowest BCUT2D eigenvalue weighted by molar-refractivity contribution is -0.167. The molecule has 1 aliphatic rings. The fourth-order valence-corrected chi connectivity index (χ4v) is 11.5. The Kier molecular flexibility index (Phi) is 48.4. The molecule has 0 aliphatic carbocycles. The first-order valence-corrected chi connectivity index (χ1v) is 37.3. The second-order valence-corrected chi connectivity index (χ2v) is 28.3. The van der Waals surface area contributed by atoms with E-state index in [0.29, 0.717) is 0 Å². The van der Waals surface area contributed by atoms with Crippen LogP contribution in [0.15, 0.2) is 0 Å². The number of hydrogen-bond acceptors (Lipinski definition) is 39. The predicted molar refractivity (Wildman–Crippen MR) is 399 cm³/mol. The molecule has 1 aliphatic heterocycles. The second kappa shape index (κ2) is 54.2. The molecule has 47 heteroatoms. The lowest BCUT2D eigenvalue weighted by Crippen LogP contribution is -2.62. The maximum absolute atomic E-state index is 14.4. The van der Waals surface area contributed by atoms with Gasteiger partial charge in [0.1, 0.15) is 101 Å². The molecule has 0 aromatic carbocycles. The van der Waals surface area contributed by atoms with Gasteiger partial charge in [-0.15, -0.1) is 0 Å². The highest BCUT2D eigenvalue weighted by Crippen LogP contribution is 2.29. The highest BCUT2D eigenvalue weighted by molar-refractivity contribution is 5.81. The Morgan fingerprint density at radius 3 is 0.706 bits per heavy atom. The summed E-state index contributed by atoms with van der Waals surface area (Å²) in [6, 6.07) is 0. The summed E-state index contributed by atoms with van der Waals surface area (Å²) >= 11 is 0. The number of carboxylic acid groups (broad SMARTS) is 4. The number of hydroxylamine groups is 2. The number of nitrogens with one attached hydrogen (secondary N) is 4. The monoisotopic (exact) mass is 1710 g/mol. The molecule has 0 atom stereocenters. The summed E-state index contributed by atoms with van der Waals surface area (Å²) < 4.78 is 62.8. The fourth-order valence-electron chi connectivity index (χ4n) is 11.5. The smallest absolute Gasteiger partial charge is 0.317 e. The van der Waals surface area contributed by atoms with Crippen molar-refractivity contribution in [3.63, 3.8) is 0 Å². The largest absolute Gasteiger partial charge is 0.480 e. The molecule has 0 radical (unpaired) electrons. The first-order chi connectivity index (χ1) is 55.5. The van der Waals surface area contributed by atoms with Gasteiger partial charge in [-0.05, 0) is 12.8 Å². The molecule has 4 amide bonds. The number of carbonyl (C=O) groups is 20. The van der Waals surface area contributed by atoms with E-state index in [2.05, 4.69) is 21.3 Å². The number of rotatable bonds is 60. The Hall–Kier alpha value is -10.9. The summed E-state index contributed by atoms with van der Waals surface area (Å²) in [6.45, 7) is -3.52. The summed E-state index contributed by atoms with van der Waals surface area (Å²) in [7, 11) is 0. The van der Waals surface area contributed by atoms with Crippen LogP contribution in [0.3, 0.4) is 0 Å². The molecule has 0 spiro atoms. The zero-order chi connectivity index (χ0) is 90.3. The summed E-state index contributed by atoms with van der Waals surface area (Å²) in [4.78, 5) is 268. The van der Waals surface area contributed by atoms with Crippen molar-refractivity contribution in [1.82, 2.24) is 50.8 Å². The van der Waals surface area contributed by atoms with Gasteiger partial charge >= 0.3 is 95.5 Å². The van der Waals surface area contributed by atoms with Crippen molar-refractivity contribution in [3.8, 4) is 0 Å². The van der Waals surface area contributed by atoms with Gasteiger partial charge in [0, 0.05) is 193 Å². The van der Waals surface area contributed by atoms with Gasteiger partial charge in [-0.1, -0.05) is 0 Å². The van der Waals surface area contributed by atoms with Crippen LogP contribution in [-0.4, -0.2) is 387 Å². The molecule has 674 valence electrons. The minimum absolute atomic E-state index is 0.0793. The van der Waals surface area contributed by atoms with Crippen LogP contribution in [0, 0.1) is 0 Å². The number of amides is 4. The zero-order valence-corrected chi connectivity index (χ0v) is 69.2. The zero-order valence-electron chi connectivity index (χ0n) is 69.2. The van der Waals surface area contributed by atoms with Gasteiger partial charge < -0.3 is 108 Å². The van der Waals surface area contributed by atoms with Gasteiger partial charge in [0.05, 0.1) is 32.8 Å². The topological polar surface area (TPSA) is 610 Å². The van der Waals surface area contributed by atoms with E-state index in [-0.39, 0.29) is 91.4 Å². The molecule has 0 saturated carbocycles. The van der Waals surface area contributed by atoms with E-state index in [1.54, 1.807) is 0 Å². The predicted octanol–water partition coefficient (Wildman–Crippen LogP) is -4.66. The van der Waals surface area contributed by atoms with Crippen molar-refractivity contribution in [2.75, 3.05) is 191 Å². The average molecular weight is 1710 g/mol. The Morgan fingerprint density at radius 1 is 0.311 bits per heavy atom. The highest BCUT2D eigenvalue weighted by Gasteiger charge is 2.46. The molecular weight excluding hydrogens is 1600 g/mol. The Morgan fingerprint density at radius 2 is 0.521 bits per heavy atom. The molecule has 1 fully saturated rings. The van der Waals surface area contributed by atoms with Crippen LogP contribution in [0.25, 0.3) is 0 Å². The standard InChI is InChI=1S/C72H114N10O37/c1-48(83)107-36-68(37-108-49(2)84,38-109-50(3)85)73-60(95)14-19-77(20-15-61(96)74-69(39-110-51(4)86,40-111-52(5)87)41-112-53(6)88)25-27-82(119-29-13-18-72(81(32-66(103)104)33-67(105)106)34-79(30-64(99)100)23-24-80(35-72)31-65(101)102)28-26-78(21-16-62(97)75-70(42-113-54(7)89,43-114-55(8)90)44-115-56(9)91)22-17-63(98)76-71(45-116-57(10)92,46-117-58(11)93)47-118-59(12)94/h13-47H2,1-12H3,(H,73,95)(H,74,96)(H,75,97)(H,76,98)(H,99,100)(H,101,102)(H,103,104)(H,105,106). The van der Waals surface area contributed by atoms with Gasteiger partial charge in [0.15, 0.2) is 0 Å². The van der Waals surface area contributed by atoms with E-state index in [4.69, 9.17) is 61.7 Å². The summed E-state index contributed by atoms with van der Waals surface area (Å²) in [5.74, 6) is -19.7. The van der Waals surface area contributed by atoms with Gasteiger partial charge in [-0.3, -0.25) is 115 Å². The average Bonchev–Trinajstić information content (AvgIpc) is 1.72. The van der Waals surface area contributed by atoms with Crippen molar-refractivity contribution in [3.05, 3.63) is 0 Å². The van der Waals surface area contributed by atoms with Gasteiger partial charge in [0.25, 0.3) is 0 Å². The fraction of sp³-hybridized carbons (Fsp3) is 0.722. The van der Waals surface area contributed by atoms with Gasteiger partial charge in [-0.25, -0.2) is 0 Å². The number of esters is 12. The van der Waals surface area contributed by atoms with Crippen molar-refractivity contribution in [1.29, 1.82) is 0 Å². The third-order valence-corrected chi connectivity index (χ3v) is 17.1. The minimum atomic E-state index is -1.93. The van der Waals surface area contributed by atoms with Crippen LogP contribution >= 0.6 is 0 Å². The molecule has 8 N–H and O–H groups in total. The van der Waals surface area contributed by atoms with Crippen LogP contribution in [0.2, 0.25) is 0 Å². The third kappa shape index (κ3) is 48.6. The normalized spacial score (nSPS) is 13.1. The summed E-state index contributed by atoms with van der Waals surface area (Å²) in [6.07, 6.45) is -2.67. The summed E-state index contributed by atoms with van der Waals surface area (Å²) in [5.41, 5.74) is -9.42. The first-order valence-electron chi connectivity index (χ1n) is 37.3. The quantitative estimate of drug-likeness (QED) is 0.0123. The Balaban J connectivity index is 4.64. The molecule has 0 aromatic rings. The lowest BCUT2D eigenvalue weighted by Gasteiger charge is -2.45. The first kappa shape index (κ1) is 106. The third-order valence-electron chi connectivity index (χ3n) is 17.1. The van der Waals surface area contributed by atoms with E-state index in [1.165, 1.54) is 24.7 Å². The maximum atomic E-state index is 14.4. The van der Waals surface area contributed by atoms with E-state index in [1.807, 2.05) is 0 Å². The number of aliphatic carboxylic acids is 4. The number of nitrogens with zero attached hydrogens (tertiary/aromatic N) is 6. The maximum Gasteiger partial charge on any atom is 0.317 e. The van der Waals surface area contributed by atoms with Crippen LogP contribution in [0.4, 0.5) is 0 Å². The van der Waals surface area contributed by atoms with Crippen LogP contribution in [-0.2, 0) is 158 Å². The molecular formula is C72H114N10O37. The van der Waals surface area contributed by atoms with E-state index in [9.17, 15) is 116 Å². The van der Waals surface area contributed by atoms with Gasteiger partial charge in [0.2, 0.25) is 23.6 Å². The van der Waals surface area contributed by atoms with Crippen LogP contribution in [0.5, 0.6) is 0 Å². The minimum Gasteiger partial charge on any atom is -0.480 e. The van der Waals surface area contributed by atoms with Crippen LogP contribution < -0.4 is 21.3 Å². The molecule has 1 rings (SSSR count). The summed E-state index contributed by atoms with van der Waals surface area (Å²) in [5, 5.41) is 52.4. The van der Waals surface area contributed by atoms with Crippen molar-refractivity contribution >= 4 is 119 Å². The van der Waals surface area contributed by atoms with E-state index >= 15 is 0 Å². The number of carbonyl (C=O) groups excluding carboxylic acids is 16. The molecule has 47 nitrogen and oxygen atoms in total. The second-order valence-electron chi connectivity index (χ2n) is 28.3.